The van der Waals surface area contributed by atoms with Gasteiger partial charge < -0.3 is 9.47 Å². The molecule has 0 radical (unpaired) electrons. The average Bonchev–Trinajstić information content (AvgIpc) is 3.09. The highest BCUT2D eigenvalue weighted by Gasteiger charge is 2.35. The smallest absolute Gasteiger partial charge is 0.343 e. The van der Waals surface area contributed by atoms with Crippen molar-refractivity contribution in [1.29, 1.82) is 0 Å². The van der Waals surface area contributed by atoms with E-state index in [0.717, 1.165) is 17.3 Å². The van der Waals surface area contributed by atoms with E-state index in [9.17, 15) is 14.4 Å². The second kappa shape index (κ2) is 10.2. The summed E-state index contributed by atoms with van der Waals surface area (Å²) in [7, 11) is 0. The fraction of sp³-hybridized carbons (Fsp3) is 0.115. The average molecular weight is 460 g/mol. The van der Waals surface area contributed by atoms with Gasteiger partial charge in [0.15, 0.2) is 11.5 Å². The minimum absolute atomic E-state index is 0.224. The van der Waals surface area contributed by atoms with E-state index in [4.69, 9.17) is 9.47 Å². The van der Waals surface area contributed by atoms with Crippen LogP contribution in [-0.4, -0.2) is 28.6 Å². The van der Waals surface area contributed by atoms with E-state index < -0.39 is 5.97 Å². The van der Waals surface area contributed by atoms with E-state index in [-0.39, 0.29) is 23.4 Å². The Morgan fingerprint density at radius 2 is 1.64 bits per heavy atom. The number of esters is 1. The van der Waals surface area contributed by atoms with Crippen molar-refractivity contribution in [3.8, 4) is 11.5 Å². The number of nitrogens with zero attached hydrogens (tertiary/aromatic N) is 1. The predicted octanol–water partition coefficient (Wildman–Crippen LogP) is 5.54. The van der Waals surface area contributed by atoms with Crippen molar-refractivity contribution in [3.05, 3.63) is 100 Å². The Kier molecular flexibility index (Phi) is 6.90. The van der Waals surface area contributed by atoms with Gasteiger partial charge in [-0.25, -0.2) is 4.79 Å². The van der Waals surface area contributed by atoms with E-state index in [1.54, 1.807) is 48.5 Å². The van der Waals surface area contributed by atoms with E-state index in [1.807, 2.05) is 43.3 Å². The minimum Gasteiger partial charge on any atom is -0.490 e. The van der Waals surface area contributed by atoms with E-state index >= 15 is 0 Å². The normalized spacial score (nSPS) is 14.6. The van der Waals surface area contributed by atoms with Gasteiger partial charge in [0.1, 0.15) is 0 Å². The summed E-state index contributed by atoms with van der Waals surface area (Å²) in [5, 5.41) is -0.312. The molecule has 2 amide bonds. The standard InChI is InChI=1S/C26H21NO5S/c1-2-31-22-15-19(13-14-21(22)32-25(29)20-11-7-4-8-12-20)16-23-24(28)27(26(30)33-23)17-18-9-5-3-6-10-18/h3-16H,2,17H2,1H3/b23-16-. The van der Waals surface area contributed by atoms with E-state index in [2.05, 4.69) is 0 Å². The maximum Gasteiger partial charge on any atom is 0.343 e. The Morgan fingerprint density at radius 1 is 0.939 bits per heavy atom. The molecule has 166 valence electrons. The second-order valence-electron chi connectivity index (χ2n) is 7.15. The number of hydrogen-bond acceptors (Lipinski definition) is 6. The molecule has 0 N–H and O–H groups in total. The molecule has 1 heterocycles. The third kappa shape index (κ3) is 5.32. The van der Waals surface area contributed by atoms with Crippen LogP contribution in [0.5, 0.6) is 11.5 Å². The van der Waals surface area contributed by atoms with Crippen molar-refractivity contribution in [3.63, 3.8) is 0 Å². The highest BCUT2D eigenvalue weighted by Crippen LogP contribution is 2.35. The zero-order valence-electron chi connectivity index (χ0n) is 17.9. The summed E-state index contributed by atoms with van der Waals surface area (Å²) in [5.41, 5.74) is 1.96. The lowest BCUT2D eigenvalue weighted by Crippen LogP contribution is -2.27. The quantitative estimate of drug-likeness (QED) is 0.262. The zero-order valence-corrected chi connectivity index (χ0v) is 18.7. The van der Waals surface area contributed by atoms with Gasteiger partial charge in [-0.15, -0.1) is 0 Å². The monoisotopic (exact) mass is 459 g/mol. The Morgan fingerprint density at radius 3 is 2.33 bits per heavy atom. The summed E-state index contributed by atoms with van der Waals surface area (Å²) < 4.78 is 11.2. The lowest BCUT2D eigenvalue weighted by Gasteiger charge is -2.12. The van der Waals surface area contributed by atoms with Gasteiger partial charge in [0.05, 0.1) is 23.6 Å². The molecule has 0 saturated carbocycles. The molecule has 0 spiro atoms. The van der Waals surface area contributed by atoms with E-state index in [0.29, 0.717) is 28.4 Å². The van der Waals surface area contributed by atoms with Crippen molar-refractivity contribution < 1.29 is 23.9 Å². The largest absolute Gasteiger partial charge is 0.490 e. The van der Waals surface area contributed by atoms with Crippen LogP contribution >= 0.6 is 11.8 Å². The first-order valence-electron chi connectivity index (χ1n) is 10.4. The van der Waals surface area contributed by atoms with Crippen LogP contribution in [0.3, 0.4) is 0 Å². The molecule has 7 heteroatoms. The van der Waals surface area contributed by atoms with Crippen LogP contribution in [0.15, 0.2) is 83.8 Å². The van der Waals surface area contributed by atoms with Gasteiger partial charge >= 0.3 is 5.97 Å². The number of benzene rings is 3. The first-order valence-corrected chi connectivity index (χ1v) is 11.2. The molecule has 4 rings (SSSR count). The summed E-state index contributed by atoms with van der Waals surface area (Å²) in [6.07, 6.45) is 1.64. The molecule has 0 aromatic heterocycles. The lowest BCUT2D eigenvalue weighted by molar-refractivity contribution is -0.123. The van der Waals surface area contributed by atoms with Crippen molar-refractivity contribution in [2.45, 2.75) is 13.5 Å². The van der Waals surface area contributed by atoms with Crippen LogP contribution in [0.25, 0.3) is 6.08 Å². The number of carbonyl (C=O) groups excluding carboxylic acids is 3. The molecule has 3 aromatic rings. The fourth-order valence-electron chi connectivity index (χ4n) is 3.25. The molecule has 1 fully saturated rings. The molecular formula is C26H21NO5S. The third-order valence-corrected chi connectivity index (χ3v) is 5.74. The summed E-state index contributed by atoms with van der Waals surface area (Å²) in [4.78, 5) is 39.2. The molecule has 3 aromatic carbocycles. The van der Waals surface area contributed by atoms with Gasteiger partial charge in [0.2, 0.25) is 0 Å². The molecular weight excluding hydrogens is 438 g/mol. The van der Waals surface area contributed by atoms with Gasteiger partial charge in [-0.1, -0.05) is 54.6 Å². The van der Waals surface area contributed by atoms with Crippen LogP contribution in [0.4, 0.5) is 4.79 Å². The molecule has 1 aliphatic heterocycles. The van der Waals surface area contributed by atoms with Gasteiger partial charge in [-0.2, -0.15) is 0 Å². The maximum atomic E-state index is 12.8. The van der Waals surface area contributed by atoms with Gasteiger partial charge in [-0.05, 0) is 60.2 Å². The number of carbonyl (C=O) groups is 3. The fourth-order valence-corrected chi connectivity index (χ4v) is 4.09. The van der Waals surface area contributed by atoms with Crippen LogP contribution in [0.1, 0.15) is 28.4 Å². The number of imide groups is 1. The Labute approximate surface area is 195 Å². The van der Waals surface area contributed by atoms with Crippen LogP contribution < -0.4 is 9.47 Å². The molecule has 33 heavy (non-hydrogen) atoms. The van der Waals surface area contributed by atoms with Crippen molar-refractivity contribution in [2.75, 3.05) is 6.61 Å². The van der Waals surface area contributed by atoms with Gasteiger partial charge in [-0.3, -0.25) is 14.5 Å². The van der Waals surface area contributed by atoms with Crippen LogP contribution in [-0.2, 0) is 11.3 Å². The predicted molar refractivity (Wildman–Crippen MR) is 127 cm³/mol. The van der Waals surface area contributed by atoms with Gasteiger partial charge in [0.25, 0.3) is 11.1 Å². The first-order chi connectivity index (χ1) is 16.0. The highest BCUT2D eigenvalue weighted by molar-refractivity contribution is 8.18. The molecule has 0 unspecified atom stereocenters. The summed E-state index contributed by atoms with van der Waals surface area (Å²) in [6.45, 7) is 2.42. The minimum atomic E-state index is -0.494. The van der Waals surface area contributed by atoms with Crippen molar-refractivity contribution in [1.82, 2.24) is 4.90 Å². The van der Waals surface area contributed by atoms with Crippen LogP contribution in [0.2, 0.25) is 0 Å². The molecule has 6 nitrogen and oxygen atoms in total. The lowest BCUT2D eigenvalue weighted by atomic mass is 10.1. The van der Waals surface area contributed by atoms with Crippen molar-refractivity contribution >= 4 is 35.0 Å². The third-order valence-electron chi connectivity index (χ3n) is 4.83. The topological polar surface area (TPSA) is 72.9 Å². The summed E-state index contributed by atoms with van der Waals surface area (Å²) in [5.74, 6) is -0.184. The Bertz CT molecular complexity index is 1210. The summed E-state index contributed by atoms with van der Waals surface area (Å²) >= 11 is 0.900. The maximum absolute atomic E-state index is 12.8. The second-order valence-corrected chi connectivity index (χ2v) is 8.14. The molecule has 0 atom stereocenters. The number of hydrogen-bond donors (Lipinski definition) is 0. The zero-order chi connectivity index (χ0) is 23.2. The Hall–Kier alpha value is -3.84. The number of rotatable bonds is 7. The number of thioether (sulfide) groups is 1. The van der Waals surface area contributed by atoms with Gasteiger partial charge in [0, 0.05) is 0 Å². The number of amides is 2. The van der Waals surface area contributed by atoms with Crippen LogP contribution in [0, 0.1) is 0 Å². The van der Waals surface area contributed by atoms with E-state index in [1.165, 1.54) is 4.90 Å². The first kappa shape index (κ1) is 22.4. The molecule has 0 aliphatic carbocycles. The number of ether oxygens (including phenoxy) is 2. The molecule has 0 bridgehead atoms. The molecule has 1 saturated heterocycles. The Balaban J connectivity index is 1.54. The molecule has 1 aliphatic rings. The summed E-state index contributed by atoms with van der Waals surface area (Å²) in [6, 6.07) is 23.0. The highest BCUT2D eigenvalue weighted by atomic mass is 32.2. The van der Waals surface area contributed by atoms with Crippen molar-refractivity contribution in [2.24, 2.45) is 0 Å². The SMILES string of the molecule is CCOc1cc(/C=C2\SC(=O)N(Cc3ccccc3)C2=O)ccc1OC(=O)c1ccccc1.